The minimum Gasteiger partial charge on any atom is -0.756 e. The molecule has 0 saturated carbocycles. The first-order valence-corrected chi connectivity index (χ1v) is 21.5. The number of phosphoric acid groups is 1. The number of likely N-dealkylation sites (N-methyl/N-ethyl adjacent to an activating group) is 1. The number of unbranched alkanes of at least 4 members (excludes halogenated alkanes) is 16. The van der Waals surface area contributed by atoms with Crippen molar-refractivity contribution in [2.75, 3.05) is 40.9 Å². The Morgan fingerprint density at radius 3 is 1.68 bits per heavy atom. The van der Waals surface area contributed by atoms with Gasteiger partial charge in [-0.25, -0.2) is 0 Å². The van der Waals surface area contributed by atoms with Crippen LogP contribution < -0.4 is 10.2 Å². The van der Waals surface area contributed by atoms with E-state index < -0.39 is 26.6 Å². The largest absolute Gasteiger partial charge is 0.756 e. The number of aliphatic hydroxyl groups is 1. The van der Waals surface area contributed by atoms with Crippen molar-refractivity contribution in [3.63, 3.8) is 0 Å². The van der Waals surface area contributed by atoms with Crippen LogP contribution in [0.3, 0.4) is 0 Å². The number of aliphatic hydroxyl groups excluding tert-OH is 1. The molecule has 0 rings (SSSR count). The molecule has 2 N–H and O–H groups in total. The Hall–Kier alpha value is -1.54. The van der Waals surface area contributed by atoms with Gasteiger partial charge in [-0.05, 0) is 64.2 Å². The molecular weight excluding hydrogens is 647 g/mol. The summed E-state index contributed by atoms with van der Waals surface area (Å²) in [6.07, 6.45) is 40.1. The molecule has 0 saturated heterocycles. The van der Waals surface area contributed by atoms with Crippen molar-refractivity contribution in [3.05, 3.63) is 48.6 Å². The van der Waals surface area contributed by atoms with Crippen LogP contribution in [0.5, 0.6) is 0 Å². The highest BCUT2D eigenvalue weighted by Crippen LogP contribution is 2.38. The summed E-state index contributed by atoms with van der Waals surface area (Å²) in [5.74, 6) is -0.226. The van der Waals surface area contributed by atoms with Crippen LogP contribution in [0.1, 0.15) is 155 Å². The highest BCUT2D eigenvalue weighted by molar-refractivity contribution is 7.45. The van der Waals surface area contributed by atoms with E-state index in [2.05, 4.69) is 55.6 Å². The van der Waals surface area contributed by atoms with Crippen molar-refractivity contribution in [2.24, 2.45) is 0 Å². The van der Waals surface area contributed by atoms with Crippen LogP contribution in [0.2, 0.25) is 0 Å². The van der Waals surface area contributed by atoms with Crippen molar-refractivity contribution in [1.82, 2.24) is 5.32 Å². The molecule has 0 aromatic heterocycles. The van der Waals surface area contributed by atoms with Crippen molar-refractivity contribution in [1.29, 1.82) is 0 Å². The average molecular weight is 725 g/mol. The second-order valence-electron chi connectivity index (χ2n) is 14.6. The number of allylic oxidation sites excluding steroid dienone is 7. The number of rotatable bonds is 35. The Morgan fingerprint density at radius 1 is 0.680 bits per heavy atom. The maximum Gasteiger partial charge on any atom is 0.268 e. The molecule has 1 amide bonds. The fourth-order valence-electron chi connectivity index (χ4n) is 5.22. The minimum absolute atomic E-state index is 0.0119. The second-order valence-corrected chi connectivity index (χ2v) is 16.0. The molecule has 3 unspecified atom stereocenters. The molecular formula is C41H77N2O6P. The van der Waals surface area contributed by atoms with Crippen molar-refractivity contribution >= 4 is 13.7 Å². The van der Waals surface area contributed by atoms with E-state index in [1.807, 2.05) is 27.2 Å². The number of carbonyl (C=O) groups excluding carboxylic acids is 1. The van der Waals surface area contributed by atoms with Crippen LogP contribution in [0, 0.1) is 0 Å². The van der Waals surface area contributed by atoms with Gasteiger partial charge in [0.2, 0.25) is 5.91 Å². The topological polar surface area (TPSA) is 108 Å². The Kier molecular flexibility index (Phi) is 32.3. The third-order valence-corrected chi connectivity index (χ3v) is 9.45. The van der Waals surface area contributed by atoms with Crippen molar-refractivity contribution in [2.45, 2.75) is 167 Å². The van der Waals surface area contributed by atoms with E-state index >= 15 is 0 Å². The summed E-state index contributed by atoms with van der Waals surface area (Å²) >= 11 is 0. The molecule has 0 fully saturated rings. The predicted octanol–water partition coefficient (Wildman–Crippen LogP) is 9.89. The SMILES string of the molecule is CCCC/C=C\CCCCCCCC(=O)NC(COP(=O)([O-])OCC[N+](C)(C)C)C(O)/C=C/CC/C=C/CC/C=C/CCCCCCCCC. The Labute approximate surface area is 308 Å². The molecule has 50 heavy (non-hydrogen) atoms. The molecule has 9 heteroatoms. The lowest BCUT2D eigenvalue weighted by molar-refractivity contribution is -0.870. The molecule has 3 atom stereocenters. The molecule has 0 spiro atoms. The number of hydrogen-bond donors (Lipinski definition) is 2. The fraction of sp³-hybridized carbons (Fsp3) is 0.780. The van der Waals surface area contributed by atoms with E-state index in [4.69, 9.17) is 9.05 Å². The van der Waals surface area contributed by atoms with Gasteiger partial charge >= 0.3 is 0 Å². The standard InChI is InChI=1S/C41H77N2O6P/c1-6-8-10-12-14-16-18-19-20-21-22-23-25-26-28-30-32-34-40(44)39(38-49-50(46,47)48-37-36-43(3,4)5)42-41(45)35-33-31-29-27-24-17-15-13-11-9-7-2/h13,15,20-21,25-26,32,34,39-40,44H,6-12,14,16-19,22-24,27-31,33,35-38H2,1-5H3,(H-,42,45,46,47)/b15-13-,21-20+,26-25+,34-32+. The number of hydrogen-bond acceptors (Lipinski definition) is 6. The van der Waals surface area contributed by atoms with E-state index in [-0.39, 0.29) is 12.5 Å². The second kappa shape index (κ2) is 33.3. The van der Waals surface area contributed by atoms with E-state index in [0.717, 1.165) is 70.6 Å². The smallest absolute Gasteiger partial charge is 0.268 e. The van der Waals surface area contributed by atoms with Gasteiger partial charge in [-0.15, -0.1) is 0 Å². The zero-order chi connectivity index (χ0) is 37.2. The lowest BCUT2D eigenvalue weighted by Gasteiger charge is -2.29. The number of carbonyl (C=O) groups is 1. The van der Waals surface area contributed by atoms with Crippen molar-refractivity contribution in [3.8, 4) is 0 Å². The molecule has 0 aromatic carbocycles. The summed E-state index contributed by atoms with van der Waals surface area (Å²) in [6.45, 7) is 4.53. The maximum absolute atomic E-state index is 12.8. The molecule has 0 aliphatic heterocycles. The van der Waals surface area contributed by atoms with E-state index in [1.165, 1.54) is 64.2 Å². The predicted molar refractivity (Wildman–Crippen MR) is 210 cm³/mol. The van der Waals surface area contributed by atoms with Crippen LogP contribution in [0.4, 0.5) is 0 Å². The highest BCUT2D eigenvalue weighted by Gasteiger charge is 2.23. The van der Waals surface area contributed by atoms with E-state index in [0.29, 0.717) is 17.4 Å². The summed E-state index contributed by atoms with van der Waals surface area (Å²) in [4.78, 5) is 25.1. The lowest BCUT2D eigenvalue weighted by Crippen LogP contribution is -2.45. The third kappa shape index (κ3) is 34.9. The van der Waals surface area contributed by atoms with Gasteiger partial charge in [-0.1, -0.05) is 133 Å². The lowest BCUT2D eigenvalue weighted by atomic mass is 10.1. The van der Waals surface area contributed by atoms with Gasteiger partial charge in [0, 0.05) is 6.42 Å². The van der Waals surface area contributed by atoms with E-state index in [1.54, 1.807) is 6.08 Å². The van der Waals surface area contributed by atoms with Crippen LogP contribution in [-0.4, -0.2) is 68.5 Å². The molecule has 0 heterocycles. The first-order chi connectivity index (χ1) is 24.0. The summed E-state index contributed by atoms with van der Waals surface area (Å²) in [6, 6.07) is -0.911. The summed E-state index contributed by atoms with van der Waals surface area (Å²) in [5, 5.41) is 13.7. The number of nitrogens with zero attached hydrogens (tertiary/aromatic N) is 1. The summed E-state index contributed by atoms with van der Waals surface area (Å²) < 4.78 is 23.1. The first-order valence-electron chi connectivity index (χ1n) is 20.0. The molecule has 0 radical (unpaired) electrons. The van der Waals surface area contributed by atoms with Crippen LogP contribution in [0.25, 0.3) is 0 Å². The fourth-order valence-corrected chi connectivity index (χ4v) is 5.94. The zero-order valence-electron chi connectivity index (χ0n) is 32.8. The molecule has 8 nitrogen and oxygen atoms in total. The third-order valence-electron chi connectivity index (χ3n) is 8.49. The Balaban J connectivity index is 4.60. The van der Waals surface area contributed by atoms with Crippen molar-refractivity contribution < 1.29 is 32.9 Å². The normalized spacial score (nSPS) is 15.1. The van der Waals surface area contributed by atoms with Gasteiger partial charge in [-0.3, -0.25) is 9.36 Å². The summed E-state index contributed by atoms with van der Waals surface area (Å²) in [5.41, 5.74) is 0. The minimum atomic E-state index is -4.59. The average Bonchev–Trinajstić information content (AvgIpc) is 3.06. The van der Waals surface area contributed by atoms with Crippen LogP contribution >= 0.6 is 7.82 Å². The molecule has 292 valence electrons. The molecule has 0 aliphatic rings. The first kappa shape index (κ1) is 48.5. The quantitative estimate of drug-likeness (QED) is 0.0292. The monoisotopic (exact) mass is 725 g/mol. The van der Waals surface area contributed by atoms with Gasteiger partial charge in [0.1, 0.15) is 13.2 Å². The maximum atomic E-state index is 12.8. The van der Waals surface area contributed by atoms with E-state index in [9.17, 15) is 19.4 Å². The van der Waals surface area contributed by atoms with Gasteiger partial charge in [0.15, 0.2) is 0 Å². The van der Waals surface area contributed by atoms with Gasteiger partial charge in [0.25, 0.3) is 7.82 Å². The van der Waals surface area contributed by atoms with Gasteiger partial charge in [0.05, 0.1) is 39.9 Å². The molecule has 0 aliphatic carbocycles. The Morgan fingerprint density at radius 2 is 1.14 bits per heavy atom. The van der Waals surface area contributed by atoms with Crippen LogP contribution in [-0.2, 0) is 18.4 Å². The number of phosphoric ester groups is 1. The summed E-state index contributed by atoms with van der Waals surface area (Å²) in [7, 11) is 1.22. The van der Waals surface area contributed by atoms with Crippen LogP contribution in [0.15, 0.2) is 48.6 Å². The van der Waals surface area contributed by atoms with Gasteiger partial charge in [-0.2, -0.15) is 0 Å². The number of amides is 1. The number of quaternary nitrogens is 1. The highest BCUT2D eigenvalue weighted by atomic mass is 31.2. The molecule has 0 bridgehead atoms. The van der Waals surface area contributed by atoms with Gasteiger partial charge < -0.3 is 28.8 Å². The zero-order valence-corrected chi connectivity index (χ0v) is 33.7. The number of nitrogens with one attached hydrogen (secondary N) is 1. The molecule has 0 aromatic rings. The Bertz CT molecular complexity index is 959.